The van der Waals surface area contributed by atoms with Crippen LogP contribution < -0.4 is 10.6 Å². The molecule has 1 heterocycles. The highest BCUT2D eigenvalue weighted by atomic mass is 32.2. The average molecular weight is 297 g/mol. The fraction of sp³-hybridized carbons (Fsp3) is 0.462. The van der Waals surface area contributed by atoms with Crippen molar-refractivity contribution < 1.29 is 13.2 Å². The van der Waals surface area contributed by atoms with Crippen LogP contribution in [0.5, 0.6) is 0 Å². The maximum atomic E-state index is 12.5. The molecule has 110 valence electrons. The molecule has 1 saturated heterocycles. The van der Waals surface area contributed by atoms with Gasteiger partial charge >= 0.3 is 0 Å². The molecule has 1 aliphatic rings. The van der Waals surface area contributed by atoms with Crippen LogP contribution in [-0.2, 0) is 14.8 Å². The van der Waals surface area contributed by atoms with Crippen LogP contribution in [-0.4, -0.2) is 44.3 Å². The van der Waals surface area contributed by atoms with Crippen molar-refractivity contribution in [2.45, 2.75) is 24.8 Å². The monoisotopic (exact) mass is 297 g/mol. The number of carbonyl (C=O) groups is 1. The highest BCUT2D eigenvalue weighted by molar-refractivity contribution is 7.89. The molecule has 0 spiro atoms. The summed E-state index contributed by atoms with van der Waals surface area (Å²) in [6.45, 7) is 5.08. The SMILES string of the molecule is CC(=O)Nc1ccc(S(=O)(=O)N2CCNC[C@@H]2C)cc1. The maximum Gasteiger partial charge on any atom is 0.243 e. The van der Waals surface area contributed by atoms with Crippen LogP contribution >= 0.6 is 0 Å². The zero-order valence-electron chi connectivity index (χ0n) is 11.6. The number of amides is 1. The molecule has 1 aromatic carbocycles. The second-order valence-corrected chi connectivity index (χ2v) is 6.77. The first kappa shape index (κ1) is 15.0. The second kappa shape index (κ2) is 5.90. The van der Waals surface area contributed by atoms with Gasteiger partial charge in [0.15, 0.2) is 0 Å². The molecule has 2 rings (SSSR count). The molecule has 0 bridgehead atoms. The summed E-state index contributed by atoms with van der Waals surface area (Å²) >= 11 is 0. The van der Waals surface area contributed by atoms with Crippen LogP contribution in [0.3, 0.4) is 0 Å². The van der Waals surface area contributed by atoms with E-state index in [2.05, 4.69) is 10.6 Å². The molecular weight excluding hydrogens is 278 g/mol. The molecule has 2 N–H and O–H groups in total. The van der Waals surface area contributed by atoms with Crippen molar-refractivity contribution in [2.75, 3.05) is 25.0 Å². The second-order valence-electron chi connectivity index (χ2n) is 4.87. The third-order valence-electron chi connectivity index (χ3n) is 3.22. The largest absolute Gasteiger partial charge is 0.326 e. The minimum Gasteiger partial charge on any atom is -0.326 e. The Hall–Kier alpha value is -1.44. The third-order valence-corrected chi connectivity index (χ3v) is 5.25. The molecule has 1 atom stereocenters. The summed E-state index contributed by atoms with van der Waals surface area (Å²) in [5.41, 5.74) is 0.588. The maximum absolute atomic E-state index is 12.5. The number of sulfonamides is 1. The molecule has 1 fully saturated rings. The summed E-state index contributed by atoms with van der Waals surface area (Å²) < 4.78 is 26.6. The summed E-state index contributed by atoms with van der Waals surface area (Å²) in [5, 5.41) is 5.78. The van der Waals surface area contributed by atoms with E-state index in [-0.39, 0.29) is 16.8 Å². The predicted molar refractivity (Wildman–Crippen MR) is 77.0 cm³/mol. The number of rotatable bonds is 3. The molecule has 7 heteroatoms. The van der Waals surface area contributed by atoms with Gasteiger partial charge in [0.2, 0.25) is 15.9 Å². The van der Waals surface area contributed by atoms with E-state index in [1.165, 1.54) is 23.4 Å². The van der Waals surface area contributed by atoms with Crippen LogP contribution in [0.15, 0.2) is 29.2 Å². The Labute approximate surface area is 119 Å². The Morgan fingerprint density at radius 1 is 1.35 bits per heavy atom. The van der Waals surface area contributed by atoms with Crippen molar-refractivity contribution in [1.29, 1.82) is 0 Å². The van der Waals surface area contributed by atoms with E-state index in [1.54, 1.807) is 12.1 Å². The van der Waals surface area contributed by atoms with Crippen molar-refractivity contribution in [3.63, 3.8) is 0 Å². The van der Waals surface area contributed by atoms with Gasteiger partial charge in [-0.05, 0) is 31.2 Å². The summed E-state index contributed by atoms with van der Waals surface area (Å²) in [5.74, 6) is -0.184. The lowest BCUT2D eigenvalue weighted by atomic mass is 10.3. The molecule has 1 amide bonds. The Balaban J connectivity index is 2.23. The Kier molecular flexibility index (Phi) is 4.42. The van der Waals surface area contributed by atoms with Gasteiger partial charge in [-0.2, -0.15) is 4.31 Å². The molecule has 1 aromatic rings. The van der Waals surface area contributed by atoms with Crippen molar-refractivity contribution in [3.8, 4) is 0 Å². The summed E-state index contributed by atoms with van der Waals surface area (Å²) in [7, 11) is -3.48. The molecule has 0 unspecified atom stereocenters. The fourth-order valence-electron chi connectivity index (χ4n) is 2.23. The van der Waals surface area contributed by atoms with E-state index in [0.29, 0.717) is 25.3 Å². The minimum atomic E-state index is -3.48. The summed E-state index contributed by atoms with van der Waals surface area (Å²) in [6, 6.07) is 6.18. The van der Waals surface area contributed by atoms with Gasteiger partial charge in [0, 0.05) is 38.3 Å². The van der Waals surface area contributed by atoms with Crippen LogP contribution in [0.4, 0.5) is 5.69 Å². The molecule has 0 radical (unpaired) electrons. The molecular formula is C13H19N3O3S. The number of hydrogen-bond acceptors (Lipinski definition) is 4. The van der Waals surface area contributed by atoms with E-state index < -0.39 is 10.0 Å². The lowest BCUT2D eigenvalue weighted by Gasteiger charge is -2.32. The lowest BCUT2D eigenvalue weighted by molar-refractivity contribution is -0.114. The molecule has 0 aliphatic carbocycles. The quantitative estimate of drug-likeness (QED) is 0.857. The predicted octanol–water partition coefficient (Wildman–Crippen LogP) is 0.627. The number of nitrogens with zero attached hydrogens (tertiary/aromatic N) is 1. The van der Waals surface area contributed by atoms with Crippen molar-refractivity contribution >= 4 is 21.6 Å². The van der Waals surface area contributed by atoms with Gasteiger partial charge in [-0.15, -0.1) is 0 Å². The Morgan fingerprint density at radius 2 is 2.00 bits per heavy atom. The number of hydrogen-bond donors (Lipinski definition) is 2. The molecule has 20 heavy (non-hydrogen) atoms. The normalized spacial score (nSPS) is 20.6. The smallest absolute Gasteiger partial charge is 0.243 e. The van der Waals surface area contributed by atoms with E-state index in [1.807, 2.05) is 6.92 Å². The van der Waals surface area contributed by atoms with Crippen LogP contribution in [0, 0.1) is 0 Å². The van der Waals surface area contributed by atoms with Crippen LogP contribution in [0.2, 0.25) is 0 Å². The fourth-order valence-corrected chi connectivity index (χ4v) is 3.86. The minimum absolute atomic E-state index is 0.0660. The average Bonchev–Trinajstić information content (AvgIpc) is 2.39. The van der Waals surface area contributed by atoms with Gasteiger partial charge in [0.05, 0.1) is 4.90 Å². The van der Waals surface area contributed by atoms with E-state index in [0.717, 1.165) is 0 Å². The van der Waals surface area contributed by atoms with Gasteiger partial charge in [0.1, 0.15) is 0 Å². The summed E-state index contributed by atoms with van der Waals surface area (Å²) in [6.07, 6.45) is 0. The third kappa shape index (κ3) is 3.17. The number of nitrogens with one attached hydrogen (secondary N) is 2. The number of anilines is 1. The van der Waals surface area contributed by atoms with E-state index in [4.69, 9.17) is 0 Å². The van der Waals surface area contributed by atoms with E-state index >= 15 is 0 Å². The summed E-state index contributed by atoms with van der Waals surface area (Å²) in [4.78, 5) is 11.2. The van der Waals surface area contributed by atoms with Gasteiger partial charge < -0.3 is 10.6 Å². The molecule has 1 aliphatic heterocycles. The first-order chi connectivity index (χ1) is 9.41. The first-order valence-electron chi connectivity index (χ1n) is 6.51. The zero-order valence-corrected chi connectivity index (χ0v) is 12.4. The van der Waals surface area contributed by atoms with Crippen molar-refractivity contribution in [3.05, 3.63) is 24.3 Å². The Bertz CT molecular complexity index is 583. The molecule has 0 aromatic heterocycles. The van der Waals surface area contributed by atoms with Crippen molar-refractivity contribution in [1.82, 2.24) is 9.62 Å². The number of piperazine rings is 1. The number of carbonyl (C=O) groups excluding carboxylic acids is 1. The van der Waals surface area contributed by atoms with Gasteiger partial charge in [-0.1, -0.05) is 0 Å². The highest BCUT2D eigenvalue weighted by Gasteiger charge is 2.30. The molecule has 0 saturated carbocycles. The first-order valence-corrected chi connectivity index (χ1v) is 7.95. The van der Waals surface area contributed by atoms with Crippen LogP contribution in [0.25, 0.3) is 0 Å². The van der Waals surface area contributed by atoms with Crippen molar-refractivity contribution in [2.24, 2.45) is 0 Å². The van der Waals surface area contributed by atoms with E-state index in [9.17, 15) is 13.2 Å². The zero-order chi connectivity index (χ0) is 14.8. The molecule has 6 nitrogen and oxygen atoms in total. The lowest BCUT2D eigenvalue weighted by Crippen LogP contribution is -2.52. The Morgan fingerprint density at radius 3 is 2.55 bits per heavy atom. The van der Waals surface area contributed by atoms with Gasteiger partial charge in [0.25, 0.3) is 0 Å². The van der Waals surface area contributed by atoms with Gasteiger partial charge in [-0.3, -0.25) is 4.79 Å². The van der Waals surface area contributed by atoms with Crippen LogP contribution in [0.1, 0.15) is 13.8 Å². The topological polar surface area (TPSA) is 78.5 Å². The standard InChI is InChI=1S/C13H19N3O3S/c1-10-9-14-7-8-16(10)20(18,19)13-5-3-12(4-6-13)15-11(2)17/h3-6,10,14H,7-9H2,1-2H3,(H,15,17)/t10-/m0/s1. The van der Waals surface area contributed by atoms with Gasteiger partial charge in [-0.25, -0.2) is 8.42 Å². The number of benzene rings is 1. The highest BCUT2D eigenvalue weighted by Crippen LogP contribution is 2.21.